The molecule has 19 heavy (non-hydrogen) atoms. The zero-order valence-corrected chi connectivity index (χ0v) is 11.0. The second kappa shape index (κ2) is 6.22. The third-order valence-electron chi connectivity index (χ3n) is 3.11. The van der Waals surface area contributed by atoms with E-state index in [1.165, 1.54) is 0 Å². The largest absolute Gasteiger partial charge is 0.492 e. The van der Waals surface area contributed by atoms with Gasteiger partial charge in [0.05, 0.1) is 13.1 Å². The van der Waals surface area contributed by atoms with E-state index in [-0.39, 0.29) is 24.4 Å². The third-order valence-corrected chi connectivity index (χ3v) is 3.11. The summed E-state index contributed by atoms with van der Waals surface area (Å²) in [7, 11) is 0. The van der Waals surface area contributed by atoms with E-state index in [4.69, 9.17) is 4.74 Å². The summed E-state index contributed by atoms with van der Waals surface area (Å²) in [5.41, 5.74) is 0. The van der Waals surface area contributed by atoms with Gasteiger partial charge < -0.3 is 15.0 Å². The lowest BCUT2D eigenvalue weighted by molar-refractivity contribution is -0.131. The fourth-order valence-corrected chi connectivity index (χ4v) is 2.10. The Kier molecular flexibility index (Phi) is 4.39. The number of rotatable bonds is 4. The molecule has 1 fully saturated rings. The molecular formula is C14H18N2O3. The second-order valence-corrected chi connectivity index (χ2v) is 4.58. The van der Waals surface area contributed by atoms with E-state index in [1.54, 1.807) is 4.90 Å². The molecular weight excluding hydrogens is 244 g/mol. The zero-order valence-electron chi connectivity index (χ0n) is 11.0. The summed E-state index contributed by atoms with van der Waals surface area (Å²) in [6.45, 7) is 2.87. The van der Waals surface area contributed by atoms with Gasteiger partial charge in [0.15, 0.2) is 0 Å². The molecule has 0 spiro atoms. The highest BCUT2D eigenvalue weighted by molar-refractivity contribution is 5.87. The third kappa shape index (κ3) is 3.71. The number of carbonyl (C=O) groups is 2. The second-order valence-electron chi connectivity index (χ2n) is 4.58. The van der Waals surface area contributed by atoms with Crippen molar-refractivity contribution >= 4 is 11.8 Å². The molecule has 1 saturated heterocycles. The van der Waals surface area contributed by atoms with Crippen molar-refractivity contribution in [2.75, 3.05) is 19.7 Å². The molecule has 1 aromatic carbocycles. The molecule has 5 nitrogen and oxygen atoms in total. The average Bonchev–Trinajstić information content (AvgIpc) is 2.52. The van der Waals surface area contributed by atoms with Gasteiger partial charge in [-0.05, 0) is 19.1 Å². The molecule has 2 amide bonds. The van der Waals surface area contributed by atoms with E-state index >= 15 is 0 Å². The van der Waals surface area contributed by atoms with Gasteiger partial charge in [0.25, 0.3) is 0 Å². The first-order chi connectivity index (χ1) is 9.16. The minimum atomic E-state index is -0.0885. The molecule has 1 N–H and O–H groups in total. The highest BCUT2D eigenvalue weighted by Crippen LogP contribution is 2.10. The molecule has 1 unspecified atom stereocenters. The lowest BCUT2D eigenvalue weighted by Gasteiger charge is -2.26. The molecule has 0 aliphatic carbocycles. The Bertz CT molecular complexity index is 447. The van der Waals surface area contributed by atoms with Crippen LogP contribution in [0, 0.1) is 0 Å². The molecule has 5 heteroatoms. The Hall–Kier alpha value is -2.04. The van der Waals surface area contributed by atoms with E-state index in [9.17, 15) is 9.59 Å². The monoisotopic (exact) mass is 262 g/mol. The summed E-state index contributed by atoms with van der Waals surface area (Å²) < 4.78 is 5.57. The molecule has 1 atom stereocenters. The van der Waals surface area contributed by atoms with Gasteiger partial charge in [-0.3, -0.25) is 9.59 Å². The van der Waals surface area contributed by atoms with Gasteiger partial charge in [-0.1, -0.05) is 18.2 Å². The molecule has 0 bridgehead atoms. The number of hydrogen-bond donors (Lipinski definition) is 1. The molecule has 2 rings (SSSR count). The fraction of sp³-hybridized carbons (Fsp3) is 0.429. The number of hydrogen-bond acceptors (Lipinski definition) is 3. The van der Waals surface area contributed by atoms with Crippen LogP contribution in [-0.4, -0.2) is 42.5 Å². The zero-order chi connectivity index (χ0) is 13.7. The lowest BCUT2D eigenvalue weighted by Crippen LogP contribution is -2.42. The van der Waals surface area contributed by atoms with Crippen LogP contribution in [0.5, 0.6) is 5.75 Å². The number of amides is 2. The first-order valence-electron chi connectivity index (χ1n) is 6.41. The van der Waals surface area contributed by atoms with Crippen molar-refractivity contribution in [3.8, 4) is 5.75 Å². The summed E-state index contributed by atoms with van der Waals surface area (Å²) >= 11 is 0. The topological polar surface area (TPSA) is 58.6 Å². The lowest BCUT2D eigenvalue weighted by atomic mass is 10.2. The predicted octanol–water partition coefficient (Wildman–Crippen LogP) is 0.802. The van der Waals surface area contributed by atoms with Crippen LogP contribution in [0.1, 0.15) is 13.3 Å². The molecule has 102 valence electrons. The van der Waals surface area contributed by atoms with Crippen LogP contribution in [0.15, 0.2) is 30.3 Å². The Morgan fingerprint density at radius 2 is 2.05 bits per heavy atom. The van der Waals surface area contributed by atoms with Crippen molar-refractivity contribution in [1.29, 1.82) is 0 Å². The number of para-hydroxylation sites is 1. The highest BCUT2D eigenvalue weighted by Gasteiger charge is 2.26. The maximum atomic E-state index is 11.9. The van der Waals surface area contributed by atoms with Crippen molar-refractivity contribution in [2.45, 2.75) is 19.4 Å². The van der Waals surface area contributed by atoms with E-state index in [1.807, 2.05) is 37.3 Å². The molecule has 1 aromatic rings. The van der Waals surface area contributed by atoms with Crippen LogP contribution >= 0.6 is 0 Å². The van der Waals surface area contributed by atoms with E-state index in [0.29, 0.717) is 19.6 Å². The summed E-state index contributed by atoms with van der Waals surface area (Å²) in [6, 6.07) is 9.38. The van der Waals surface area contributed by atoms with Gasteiger partial charge >= 0.3 is 0 Å². The maximum absolute atomic E-state index is 11.9. The molecule has 0 radical (unpaired) electrons. The van der Waals surface area contributed by atoms with Crippen molar-refractivity contribution < 1.29 is 14.3 Å². The summed E-state index contributed by atoms with van der Waals surface area (Å²) in [5.74, 6) is 0.647. The van der Waals surface area contributed by atoms with Crippen molar-refractivity contribution in [3.63, 3.8) is 0 Å². The molecule has 1 aliphatic heterocycles. The fourth-order valence-electron chi connectivity index (χ4n) is 2.10. The van der Waals surface area contributed by atoms with Gasteiger partial charge in [-0.2, -0.15) is 0 Å². The maximum Gasteiger partial charge on any atom is 0.242 e. The number of carbonyl (C=O) groups excluding carboxylic acids is 2. The summed E-state index contributed by atoms with van der Waals surface area (Å²) in [5, 5.41) is 2.59. The van der Waals surface area contributed by atoms with E-state index in [0.717, 1.165) is 5.75 Å². The van der Waals surface area contributed by atoms with Crippen LogP contribution in [0.25, 0.3) is 0 Å². The van der Waals surface area contributed by atoms with Crippen LogP contribution in [0.4, 0.5) is 0 Å². The SMILES string of the molecule is CC1CC(=O)NCC(=O)N1CCOc1ccccc1. The Labute approximate surface area is 112 Å². The Balaban J connectivity index is 1.87. The minimum Gasteiger partial charge on any atom is -0.492 e. The standard InChI is InChI=1S/C14H18N2O3/c1-11-9-13(17)15-10-14(18)16(11)7-8-19-12-5-3-2-4-6-12/h2-6,11H,7-10H2,1H3,(H,15,17). The van der Waals surface area contributed by atoms with Crippen LogP contribution < -0.4 is 10.1 Å². The van der Waals surface area contributed by atoms with E-state index < -0.39 is 0 Å². The smallest absolute Gasteiger partial charge is 0.242 e. The molecule has 0 aromatic heterocycles. The summed E-state index contributed by atoms with van der Waals surface area (Å²) in [6.07, 6.45) is 0.344. The normalized spacial score (nSPS) is 19.8. The Morgan fingerprint density at radius 3 is 2.79 bits per heavy atom. The van der Waals surface area contributed by atoms with Crippen LogP contribution in [0.2, 0.25) is 0 Å². The van der Waals surface area contributed by atoms with Gasteiger partial charge in [0.1, 0.15) is 12.4 Å². The minimum absolute atomic E-state index is 0.0602. The first-order valence-corrected chi connectivity index (χ1v) is 6.41. The number of benzene rings is 1. The molecule has 0 saturated carbocycles. The van der Waals surface area contributed by atoms with E-state index in [2.05, 4.69) is 5.32 Å². The number of nitrogens with one attached hydrogen (secondary N) is 1. The molecule has 1 heterocycles. The summed E-state index contributed by atoms with van der Waals surface area (Å²) in [4.78, 5) is 24.9. The number of ether oxygens (including phenoxy) is 1. The first kappa shape index (κ1) is 13.4. The number of nitrogens with zero attached hydrogens (tertiary/aromatic N) is 1. The quantitative estimate of drug-likeness (QED) is 0.873. The van der Waals surface area contributed by atoms with Gasteiger partial charge in [0, 0.05) is 12.5 Å². The van der Waals surface area contributed by atoms with Crippen molar-refractivity contribution in [1.82, 2.24) is 10.2 Å². The van der Waals surface area contributed by atoms with Crippen molar-refractivity contribution in [2.24, 2.45) is 0 Å². The van der Waals surface area contributed by atoms with Gasteiger partial charge in [-0.15, -0.1) is 0 Å². The van der Waals surface area contributed by atoms with Gasteiger partial charge in [0.2, 0.25) is 11.8 Å². The average molecular weight is 262 g/mol. The van der Waals surface area contributed by atoms with Crippen LogP contribution in [-0.2, 0) is 9.59 Å². The Morgan fingerprint density at radius 1 is 1.32 bits per heavy atom. The van der Waals surface area contributed by atoms with Crippen LogP contribution in [0.3, 0.4) is 0 Å². The van der Waals surface area contributed by atoms with Crippen molar-refractivity contribution in [3.05, 3.63) is 30.3 Å². The van der Waals surface area contributed by atoms with Gasteiger partial charge in [-0.25, -0.2) is 0 Å². The predicted molar refractivity (Wildman–Crippen MR) is 70.7 cm³/mol. The molecule has 1 aliphatic rings. The highest BCUT2D eigenvalue weighted by atomic mass is 16.5.